The van der Waals surface area contributed by atoms with Crippen molar-refractivity contribution in [3.63, 3.8) is 0 Å². The van der Waals surface area contributed by atoms with Gasteiger partial charge in [0.05, 0.1) is 0 Å². The molecule has 1 aliphatic heterocycles. The molecule has 0 saturated heterocycles. The summed E-state index contributed by atoms with van der Waals surface area (Å²) in [5, 5.41) is 3.44. The molecule has 174 valence electrons. The molecule has 3 rings (SSSR count). The molecule has 0 fully saturated rings. The maximum atomic E-state index is 13.6. The Balaban J connectivity index is 1.74. The second-order valence-electron chi connectivity index (χ2n) is 8.11. The number of aryl methyl sites for hydroxylation is 1. The van der Waals surface area contributed by atoms with Gasteiger partial charge in [0.2, 0.25) is 0 Å². The van der Waals surface area contributed by atoms with Crippen molar-refractivity contribution in [3.05, 3.63) is 59.2 Å². The van der Waals surface area contributed by atoms with Crippen molar-refractivity contribution in [1.29, 1.82) is 0 Å². The van der Waals surface area contributed by atoms with E-state index in [1.165, 1.54) is 35.4 Å². The molecule has 2 aromatic rings. The quantitative estimate of drug-likeness (QED) is 0.359. The zero-order valence-electron chi connectivity index (χ0n) is 19.0. The topological polar surface area (TPSA) is 27.7 Å². The highest BCUT2D eigenvalue weighted by Crippen LogP contribution is 2.28. The Morgan fingerprint density at radius 1 is 1.16 bits per heavy atom. The van der Waals surface area contributed by atoms with Gasteiger partial charge in [0.25, 0.3) is 0 Å². The molecule has 2 aromatic carbocycles. The molecule has 0 spiro atoms. The summed E-state index contributed by atoms with van der Waals surface area (Å²) in [7, 11) is 0. The van der Waals surface area contributed by atoms with E-state index in [2.05, 4.69) is 35.3 Å². The first-order valence-electron chi connectivity index (χ1n) is 11.5. The molecular formula is C25H33F2N3OS. The lowest BCUT2D eigenvalue weighted by Gasteiger charge is -2.32. The average Bonchev–Trinajstić information content (AvgIpc) is 2.75. The molecule has 0 bridgehead atoms. The number of ether oxygens (including phenoxy) is 1. The van der Waals surface area contributed by atoms with Crippen LogP contribution in [0.3, 0.4) is 0 Å². The Morgan fingerprint density at radius 3 is 2.66 bits per heavy atom. The van der Waals surface area contributed by atoms with Gasteiger partial charge in [-0.3, -0.25) is 0 Å². The highest BCUT2D eigenvalue weighted by molar-refractivity contribution is 7.80. The molecule has 7 heteroatoms. The molecule has 1 aliphatic rings. The lowest BCUT2D eigenvalue weighted by atomic mass is 9.99. The van der Waals surface area contributed by atoms with Crippen LogP contribution in [0.5, 0.6) is 0 Å². The van der Waals surface area contributed by atoms with Crippen molar-refractivity contribution >= 4 is 28.7 Å². The molecule has 0 unspecified atom stereocenters. The van der Waals surface area contributed by atoms with Crippen molar-refractivity contribution in [2.45, 2.75) is 46.1 Å². The predicted molar refractivity (Wildman–Crippen MR) is 131 cm³/mol. The Kier molecular flexibility index (Phi) is 9.23. The largest absolute Gasteiger partial charge is 0.382 e. The fourth-order valence-electron chi connectivity index (χ4n) is 4.13. The van der Waals surface area contributed by atoms with E-state index in [0.29, 0.717) is 37.1 Å². The van der Waals surface area contributed by atoms with Gasteiger partial charge in [-0.15, -0.1) is 0 Å². The van der Waals surface area contributed by atoms with E-state index in [4.69, 9.17) is 17.0 Å². The van der Waals surface area contributed by atoms with Gasteiger partial charge < -0.3 is 19.9 Å². The van der Waals surface area contributed by atoms with E-state index in [1.807, 2.05) is 11.8 Å². The summed E-state index contributed by atoms with van der Waals surface area (Å²) >= 11 is 5.62. The number of nitrogens with one attached hydrogen (secondary N) is 1. The minimum Gasteiger partial charge on any atom is -0.382 e. The summed E-state index contributed by atoms with van der Waals surface area (Å²) in [5.74, 6) is -1.27. The SMILES string of the molecule is CCCN1CCCc2cc(CN(CCCOCC)C(=S)Nc3cc(F)cc(F)c3)ccc21. The van der Waals surface area contributed by atoms with Crippen LogP contribution < -0.4 is 10.2 Å². The Morgan fingerprint density at radius 2 is 1.94 bits per heavy atom. The third kappa shape index (κ3) is 6.87. The fraction of sp³-hybridized carbons (Fsp3) is 0.480. The maximum Gasteiger partial charge on any atom is 0.173 e. The number of halogens is 2. The summed E-state index contributed by atoms with van der Waals surface area (Å²) in [5.41, 5.74) is 4.19. The summed E-state index contributed by atoms with van der Waals surface area (Å²) in [6, 6.07) is 9.99. The number of benzene rings is 2. The predicted octanol–water partition coefficient (Wildman–Crippen LogP) is 5.75. The van der Waals surface area contributed by atoms with Gasteiger partial charge in [-0.25, -0.2) is 8.78 Å². The molecular weight excluding hydrogens is 428 g/mol. The Labute approximate surface area is 195 Å². The van der Waals surface area contributed by atoms with Crippen LogP contribution in [-0.2, 0) is 17.7 Å². The number of nitrogens with zero attached hydrogens (tertiary/aromatic N) is 2. The molecule has 0 amide bonds. The Hall–Kier alpha value is -2.25. The molecule has 0 aliphatic carbocycles. The molecule has 32 heavy (non-hydrogen) atoms. The van der Waals surface area contributed by atoms with Crippen molar-refractivity contribution in [2.24, 2.45) is 0 Å². The molecule has 1 heterocycles. The minimum absolute atomic E-state index is 0.308. The van der Waals surface area contributed by atoms with Crippen LogP contribution in [-0.4, -0.2) is 42.9 Å². The lowest BCUT2D eigenvalue weighted by Crippen LogP contribution is -2.36. The summed E-state index contributed by atoms with van der Waals surface area (Å²) in [6.07, 6.45) is 4.19. The fourth-order valence-corrected chi connectivity index (χ4v) is 4.41. The first-order chi connectivity index (χ1) is 15.5. The van der Waals surface area contributed by atoms with Gasteiger partial charge in [0, 0.05) is 56.8 Å². The second-order valence-corrected chi connectivity index (χ2v) is 8.50. The van der Waals surface area contributed by atoms with Gasteiger partial charge in [-0.1, -0.05) is 19.1 Å². The number of thiocarbonyl (C=S) groups is 1. The van der Waals surface area contributed by atoms with E-state index in [1.54, 1.807) is 0 Å². The van der Waals surface area contributed by atoms with Crippen molar-refractivity contribution < 1.29 is 13.5 Å². The third-order valence-corrected chi connectivity index (χ3v) is 5.91. The number of anilines is 2. The standard InChI is InChI=1S/C25H33F2N3OS/c1-3-10-29-11-5-7-20-14-19(8-9-24(20)29)18-30(12-6-13-31-4-2)25(32)28-23-16-21(26)15-22(27)17-23/h8-9,14-17H,3-7,10-13,18H2,1-2H3,(H,28,32). The third-order valence-electron chi connectivity index (χ3n) is 5.55. The van der Waals surface area contributed by atoms with Gasteiger partial charge in [-0.05, 0) is 74.2 Å². The van der Waals surface area contributed by atoms with E-state index in [9.17, 15) is 8.78 Å². The van der Waals surface area contributed by atoms with Crippen LogP contribution in [0.15, 0.2) is 36.4 Å². The molecule has 0 radical (unpaired) electrons. The summed E-state index contributed by atoms with van der Waals surface area (Å²) in [6.45, 7) is 8.98. The van der Waals surface area contributed by atoms with E-state index in [0.717, 1.165) is 38.4 Å². The van der Waals surface area contributed by atoms with Gasteiger partial charge in [-0.2, -0.15) is 0 Å². The van der Waals surface area contributed by atoms with E-state index >= 15 is 0 Å². The Bertz CT molecular complexity index is 889. The first kappa shape index (κ1) is 24.4. The van der Waals surface area contributed by atoms with Crippen molar-refractivity contribution in [3.8, 4) is 0 Å². The van der Waals surface area contributed by atoms with Crippen LogP contribution in [0.2, 0.25) is 0 Å². The van der Waals surface area contributed by atoms with Gasteiger partial charge >= 0.3 is 0 Å². The van der Waals surface area contributed by atoms with Crippen LogP contribution in [0.25, 0.3) is 0 Å². The summed E-state index contributed by atoms with van der Waals surface area (Å²) < 4.78 is 32.7. The monoisotopic (exact) mass is 461 g/mol. The number of rotatable bonds is 10. The van der Waals surface area contributed by atoms with Crippen LogP contribution in [0, 0.1) is 11.6 Å². The first-order valence-corrected chi connectivity index (χ1v) is 11.9. The zero-order chi connectivity index (χ0) is 22.9. The molecule has 1 N–H and O–H groups in total. The second kappa shape index (κ2) is 12.1. The number of fused-ring (bicyclic) bond motifs is 1. The molecule has 4 nitrogen and oxygen atoms in total. The zero-order valence-corrected chi connectivity index (χ0v) is 19.8. The van der Waals surface area contributed by atoms with Gasteiger partial charge in [0.15, 0.2) is 5.11 Å². The highest BCUT2D eigenvalue weighted by atomic mass is 32.1. The smallest absolute Gasteiger partial charge is 0.173 e. The molecule has 0 aromatic heterocycles. The molecule has 0 saturated carbocycles. The van der Waals surface area contributed by atoms with Gasteiger partial charge in [0.1, 0.15) is 11.6 Å². The van der Waals surface area contributed by atoms with Crippen molar-refractivity contribution in [1.82, 2.24) is 4.90 Å². The van der Waals surface area contributed by atoms with Crippen LogP contribution in [0.1, 0.15) is 44.2 Å². The molecule has 0 atom stereocenters. The average molecular weight is 462 g/mol. The van der Waals surface area contributed by atoms with E-state index in [-0.39, 0.29) is 0 Å². The van der Waals surface area contributed by atoms with Crippen LogP contribution in [0.4, 0.5) is 20.2 Å². The maximum absolute atomic E-state index is 13.6. The minimum atomic E-state index is -0.635. The van der Waals surface area contributed by atoms with E-state index < -0.39 is 11.6 Å². The van der Waals surface area contributed by atoms with Crippen molar-refractivity contribution in [2.75, 3.05) is 43.1 Å². The normalized spacial score (nSPS) is 13.1. The summed E-state index contributed by atoms with van der Waals surface area (Å²) in [4.78, 5) is 4.50. The highest BCUT2D eigenvalue weighted by Gasteiger charge is 2.18. The number of hydrogen-bond acceptors (Lipinski definition) is 3. The lowest BCUT2D eigenvalue weighted by molar-refractivity contribution is 0.139. The van der Waals surface area contributed by atoms with Crippen LogP contribution >= 0.6 is 12.2 Å². The number of hydrogen-bond donors (Lipinski definition) is 1.